The normalized spacial score (nSPS) is 11.3. The Morgan fingerprint density at radius 1 is 1.14 bits per heavy atom. The van der Waals surface area contributed by atoms with Crippen molar-refractivity contribution in [1.82, 2.24) is 0 Å². The smallest absolute Gasteiger partial charge is 0.261 e. The zero-order chi connectivity index (χ0) is 15.5. The van der Waals surface area contributed by atoms with Crippen LogP contribution < -0.4 is 10.5 Å². The maximum Gasteiger partial charge on any atom is 0.261 e. The Kier molecular flexibility index (Phi) is 4.53. The highest BCUT2D eigenvalue weighted by Gasteiger charge is 2.16. The van der Waals surface area contributed by atoms with Gasteiger partial charge in [0.15, 0.2) is 0 Å². The van der Waals surface area contributed by atoms with Gasteiger partial charge in [0.1, 0.15) is 0 Å². The molecular weight excluding hydrogens is 284 g/mol. The largest absolute Gasteiger partial charge is 0.399 e. The third-order valence-electron chi connectivity index (χ3n) is 3.16. The minimum Gasteiger partial charge on any atom is -0.399 e. The molecule has 5 heteroatoms. The Morgan fingerprint density at radius 3 is 2.52 bits per heavy atom. The van der Waals surface area contributed by atoms with Crippen molar-refractivity contribution >= 4 is 21.4 Å². The molecule has 2 rings (SSSR count). The van der Waals surface area contributed by atoms with Crippen LogP contribution in [0.3, 0.4) is 0 Å². The van der Waals surface area contributed by atoms with Crippen LogP contribution in [0.2, 0.25) is 0 Å². The summed E-state index contributed by atoms with van der Waals surface area (Å²) in [5.74, 6) is 0. The van der Waals surface area contributed by atoms with Crippen molar-refractivity contribution in [2.24, 2.45) is 0 Å². The number of rotatable bonds is 5. The van der Waals surface area contributed by atoms with Crippen molar-refractivity contribution in [3.8, 4) is 0 Å². The molecule has 0 radical (unpaired) electrons. The fraction of sp³-hybridized carbons (Fsp3) is 0.250. The van der Waals surface area contributed by atoms with Crippen LogP contribution in [0.1, 0.15) is 24.5 Å². The van der Waals surface area contributed by atoms with Gasteiger partial charge in [-0.3, -0.25) is 4.72 Å². The van der Waals surface area contributed by atoms with E-state index in [9.17, 15) is 8.42 Å². The summed E-state index contributed by atoms with van der Waals surface area (Å²) in [6.45, 7) is 3.88. The van der Waals surface area contributed by atoms with Gasteiger partial charge in [-0.2, -0.15) is 0 Å². The first-order chi connectivity index (χ1) is 9.92. The number of nitrogens with two attached hydrogens (primary N) is 1. The lowest BCUT2D eigenvalue weighted by molar-refractivity contribution is 0.601. The zero-order valence-electron chi connectivity index (χ0n) is 12.3. The Hall–Kier alpha value is -2.01. The van der Waals surface area contributed by atoms with Crippen LogP contribution in [-0.4, -0.2) is 8.42 Å². The molecule has 2 aromatic rings. The molecule has 0 atom stereocenters. The molecule has 4 nitrogen and oxygen atoms in total. The second-order valence-corrected chi connectivity index (χ2v) is 6.77. The van der Waals surface area contributed by atoms with Crippen molar-refractivity contribution in [2.75, 3.05) is 10.5 Å². The van der Waals surface area contributed by atoms with Gasteiger partial charge in [0, 0.05) is 5.69 Å². The predicted molar refractivity (Wildman–Crippen MR) is 86.8 cm³/mol. The average molecular weight is 304 g/mol. The van der Waals surface area contributed by atoms with Gasteiger partial charge in [0.2, 0.25) is 0 Å². The summed E-state index contributed by atoms with van der Waals surface area (Å²) in [4.78, 5) is 0.186. The van der Waals surface area contributed by atoms with Gasteiger partial charge in [0.25, 0.3) is 10.0 Å². The number of para-hydroxylation sites is 1. The lowest BCUT2D eigenvalue weighted by Crippen LogP contribution is -2.14. The molecule has 0 unspecified atom stereocenters. The first kappa shape index (κ1) is 15.4. The molecule has 0 bridgehead atoms. The maximum absolute atomic E-state index is 12.5. The second-order valence-electron chi connectivity index (χ2n) is 5.09. The highest BCUT2D eigenvalue weighted by atomic mass is 32.2. The maximum atomic E-state index is 12.5. The first-order valence-electron chi connectivity index (χ1n) is 6.90. The number of anilines is 2. The topological polar surface area (TPSA) is 72.2 Å². The van der Waals surface area contributed by atoms with Crippen molar-refractivity contribution in [3.05, 3.63) is 53.6 Å². The summed E-state index contributed by atoms with van der Waals surface area (Å²) in [5.41, 5.74) is 8.61. The number of sulfonamides is 1. The van der Waals surface area contributed by atoms with E-state index in [-0.39, 0.29) is 4.90 Å². The van der Waals surface area contributed by atoms with E-state index in [1.807, 2.05) is 25.1 Å². The van der Waals surface area contributed by atoms with Gasteiger partial charge < -0.3 is 5.73 Å². The molecule has 3 N–H and O–H groups in total. The number of hydrogen-bond donors (Lipinski definition) is 2. The average Bonchev–Trinajstić information content (AvgIpc) is 2.40. The van der Waals surface area contributed by atoms with Crippen LogP contribution in [0.4, 0.5) is 11.4 Å². The molecule has 0 saturated heterocycles. The molecule has 0 saturated carbocycles. The van der Waals surface area contributed by atoms with E-state index in [4.69, 9.17) is 5.73 Å². The summed E-state index contributed by atoms with van der Waals surface area (Å²) in [5, 5.41) is 0. The van der Waals surface area contributed by atoms with Gasteiger partial charge in [-0.1, -0.05) is 31.5 Å². The minimum atomic E-state index is -3.63. The molecule has 112 valence electrons. The molecule has 0 fully saturated rings. The Morgan fingerprint density at radius 2 is 1.86 bits per heavy atom. The molecule has 2 aromatic carbocycles. The molecule has 0 amide bonds. The molecule has 0 spiro atoms. The van der Waals surface area contributed by atoms with E-state index < -0.39 is 10.0 Å². The summed E-state index contributed by atoms with van der Waals surface area (Å²) < 4.78 is 27.7. The van der Waals surface area contributed by atoms with Crippen molar-refractivity contribution in [2.45, 2.75) is 31.6 Å². The summed E-state index contributed by atoms with van der Waals surface area (Å²) in [7, 11) is -3.63. The fourth-order valence-electron chi connectivity index (χ4n) is 2.24. The van der Waals surface area contributed by atoms with E-state index in [1.165, 1.54) is 6.07 Å². The Balaban J connectivity index is 2.37. The number of benzene rings is 2. The first-order valence-corrected chi connectivity index (χ1v) is 8.38. The van der Waals surface area contributed by atoms with Gasteiger partial charge in [0.05, 0.1) is 10.6 Å². The molecule has 0 aliphatic carbocycles. The summed E-state index contributed by atoms with van der Waals surface area (Å²) in [6.07, 6.45) is 1.78. The van der Waals surface area contributed by atoms with Crippen LogP contribution in [-0.2, 0) is 16.4 Å². The van der Waals surface area contributed by atoms with Gasteiger partial charge >= 0.3 is 0 Å². The quantitative estimate of drug-likeness (QED) is 0.832. The molecule has 0 aliphatic heterocycles. The van der Waals surface area contributed by atoms with Crippen molar-refractivity contribution in [3.63, 3.8) is 0 Å². The molecule has 21 heavy (non-hydrogen) atoms. The SMILES string of the molecule is CCCc1ccccc1NS(=O)(=O)c1cc(C)cc(N)c1. The Labute approximate surface area is 126 Å². The lowest BCUT2D eigenvalue weighted by Gasteiger charge is -2.13. The lowest BCUT2D eigenvalue weighted by atomic mass is 10.1. The van der Waals surface area contributed by atoms with Crippen molar-refractivity contribution < 1.29 is 8.42 Å². The van der Waals surface area contributed by atoms with E-state index in [2.05, 4.69) is 11.6 Å². The van der Waals surface area contributed by atoms with E-state index in [0.29, 0.717) is 11.4 Å². The standard InChI is InChI=1S/C16H20N2O2S/c1-3-6-13-7-4-5-8-16(13)18-21(19,20)15-10-12(2)9-14(17)11-15/h4-5,7-11,18H,3,6,17H2,1-2H3. The van der Waals surface area contributed by atoms with E-state index >= 15 is 0 Å². The van der Waals surface area contributed by atoms with Crippen LogP contribution in [0.25, 0.3) is 0 Å². The summed E-state index contributed by atoms with van der Waals surface area (Å²) in [6, 6.07) is 12.3. The highest BCUT2D eigenvalue weighted by Crippen LogP contribution is 2.23. The van der Waals surface area contributed by atoms with Gasteiger partial charge in [-0.05, 0) is 48.7 Å². The number of aryl methyl sites for hydroxylation is 2. The third-order valence-corrected chi connectivity index (χ3v) is 4.51. The summed E-state index contributed by atoms with van der Waals surface area (Å²) >= 11 is 0. The van der Waals surface area contributed by atoms with Gasteiger partial charge in [-0.15, -0.1) is 0 Å². The minimum absolute atomic E-state index is 0.186. The van der Waals surface area contributed by atoms with Crippen molar-refractivity contribution in [1.29, 1.82) is 0 Å². The third kappa shape index (κ3) is 3.76. The number of nitrogens with one attached hydrogen (secondary N) is 1. The van der Waals surface area contributed by atoms with E-state index in [1.54, 1.807) is 18.2 Å². The van der Waals surface area contributed by atoms with Crippen LogP contribution >= 0.6 is 0 Å². The van der Waals surface area contributed by atoms with Crippen LogP contribution in [0.5, 0.6) is 0 Å². The van der Waals surface area contributed by atoms with Crippen LogP contribution in [0.15, 0.2) is 47.4 Å². The van der Waals surface area contributed by atoms with Gasteiger partial charge in [-0.25, -0.2) is 8.42 Å². The predicted octanol–water partition coefficient (Wildman–Crippen LogP) is 3.33. The zero-order valence-corrected chi connectivity index (χ0v) is 13.1. The second kappa shape index (κ2) is 6.18. The van der Waals surface area contributed by atoms with Crippen LogP contribution in [0, 0.1) is 6.92 Å². The molecule has 0 aliphatic rings. The molecular formula is C16H20N2O2S. The van der Waals surface area contributed by atoms with E-state index in [0.717, 1.165) is 24.0 Å². The monoisotopic (exact) mass is 304 g/mol. The number of nitrogen functional groups attached to an aromatic ring is 1. The molecule has 0 aromatic heterocycles. The number of hydrogen-bond acceptors (Lipinski definition) is 3. The fourth-order valence-corrected chi connectivity index (χ4v) is 3.48. The molecule has 0 heterocycles. The Bertz CT molecular complexity index is 719. The highest BCUT2D eigenvalue weighted by molar-refractivity contribution is 7.92.